The molecule has 1 aliphatic heterocycles. The standard InChI is InChI=1S/C11H9ClN2O3S/c1-17-10(18)6-3-2-5(12)4-7(6)8-9(15)14-11(16)13-8/h2-4,8H,1H3,(H2,13,14,15,16). The van der Waals surface area contributed by atoms with E-state index >= 15 is 0 Å². The Morgan fingerprint density at radius 2 is 2.17 bits per heavy atom. The van der Waals surface area contributed by atoms with Crippen molar-refractivity contribution >= 4 is 40.8 Å². The third-order valence-electron chi connectivity index (χ3n) is 2.50. The number of halogens is 1. The van der Waals surface area contributed by atoms with Crippen LogP contribution in [0.3, 0.4) is 0 Å². The summed E-state index contributed by atoms with van der Waals surface area (Å²) in [5.74, 6) is -0.442. The molecule has 0 bridgehead atoms. The van der Waals surface area contributed by atoms with Crippen LogP contribution in [0.2, 0.25) is 5.02 Å². The number of methoxy groups -OCH3 is 1. The van der Waals surface area contributed by atoms with Crippen molar-refractivity contribution < 1.29 is 14.3 Å². The lowest BCUT2D eigenvalue weighted by atomic mass is 10.0. The van der Waals surface area contributed by atoms with Crippen molar-refractivity contribution in [2.24, 2.45) is 0 Å². The summed E-state index contributed by atoms with van der Waals surface area (Å²) in [6.07, 6.45) is 0. The van der Waals surface area contributed by atoms with E-state index in [9.17, 15) is 9.59 Å². The Kier molecular flexibility index (Phi) is 3.49. The van der Waals surface area contributed by atoms with Crippen LogP contribution in [-0.2, 0) is 9.53 Å². The van der Waals surface area contributed by atoms with E-state index in [4.69, 9.17) is 28.6 Å². The highest BCUT2D eigenvalue weighted by Crippen LogP contribution is 2.25. The molecular weight excluding hydrogens is 276 g/mol. The van der Waals surface area contributed by atoms with Gasteiger partial charge in [0.1, 0.15) is 6.04 Å². The number of rotatable bonds is 2. The minimum absolute atomic E-state index is 0.232. The molecule has 0 saturated carbocycles. The number of thiocarbonyl (C=S) groups is 1. The van der Waals surface area contributed by atoms with Gasteiger partial charge in [-0.25, -0.2) is 4.79 Å². The summed E-state index contributed by atoms with van der Waals surface area (Å²) in [5, 5.41) is 5.32. The van der Waals surface area contributed by atoms with Gasteiger partial charge < -0.3 is 10.1 Å². The minimum atomic E-state index is -0.806. The fourth-order valence-corrected chi connectivity index (χ4v) is 2.07. The molecule has 1 heterocycles. The Bertz CT molecular complexity index is 547. The monoisotopic (exact) mass is 284 g/mol. The molecular formula is C11H9ClN2O3S. The summed E-state index contributed by atoms with van der Waals surface area (Å²) in [7, 11) is 1.44. The summed E-state index contributed by atoms with van der Waals surface area (Å²) in [4.78, 5) is 22.8. The first-order chi connectivity index (χ1) is 8.52. The van der Waals surface area contributed by atoms with Gasteiger partial charge in [-0.3, -0.25) is 10.1 Å². The number of hydrogen-bond acceptors (Lipinski definition) is 4. The molecule has 0 spiro atoms. The number of imide groups is 1. The molecule has 5 nitrogen and oxygen atoms in total. The number of ether oxygens (including phenoxy) is 1. The van der Waals surface area contributed by atoms with Gasteiger partial charge in [0, 0.05) is 10.6 Å². The van der Waals surface area contributed by atoms with Crippen molar-refractivity contribution in [3.63, 3.8) is 0 Å². The number of carbonyl (C=O) groups is 2. The zero-order chi connectivity index (χ0) is 13.3. The van der Waals surface area contributed by atoms with Gasteiger partial charge in [0.05, 0.1) is 7.11 Å². The fraction of sp³-hybridized carbons (Fsp3) is 0.182. The quantitative estimate of drug-likeness (QED) is 0.639. The van der Waals surface area contributed by atoms with Crippen LogP contribution in [0.15, 0.2) is 18.2 Å². The van der Waals surface area contributed by atoms with Gasteiger partial charge in [0.25, 0.3) is 5.91 Å². The highest BCUT2D eigenvalue weighted by atomic mass is 35.5. The lowest BCUT2D eigenvalue weighted by molar-refractivity contribution is -0.120. The van der Waals surface area contributed by atoms with E-state index in [2.05, 4.69) is 10.6 Å². The van der Waals surface area contributed by atoms with Gasteiger partial charge in [0.2, 0.25) is 0 Å². The molecule has 1 aliphatic rings. The Balaban J connectivity index is 2.48. The van der Waals surface area contributed by atoms with Crippen molar-refractivity contribution in [1.82, 2.24) is 10.6 Å². The van der Waals surface area contributed by atoms with Crippen molar-refractivity contribution in [3.8, 4) is 0 Å². The topological polar surface area (TPSA) is 67.4 Å². The maximum Gasteiger partial charge on any atom is 0.322 e. The molecule has 1 aromatic carbocycles. The van der Waals surface area contributed by atoms with Crippen LogP contribution >= 0.6 is 23.8 Å². The van der Waals surface area contributed by atoms with Crippen LogP contribution in [0.25, 0.3) is 0 Å². The molecule has 1 fully saturated rings. The van der Waals surface area contributed by atoms with E-state index in [1.54, 1.807) is 18.2 Å². The number of nitrogens with one attached hydrogen (secondary N) is 2. The highest BCUT2D eigenvalue weighted by molar-refractivity contribution is 7.80. The van der Waals surface area contributed by atoms with Crippen LogP contribution in [0.1, 0.15) is 17.2 Å². The molecule has 2 N–H and O–H groups in total. The predicted molar refractivity (Wildman–Crippen MR) is 69.6 cm³/mol. The zero-order valence-electron chi connectivity index (χ0n) is 9.32. The lowest BCUT2D eigenvalue weighted by Crippen LogP contribution is -2.22. The molecule has 7 heteroatoms. The number of hydrogen-bond donors (Lipinski definition) is 2. The minimum Gasteiger partial charge on any atom is -0.486 e. The van der Waals surface area contributed by atoms with Crippen molar-refractivity contribution in [3.05, 3.63) is 34.3 Å². The number of carbonyl (C=O) groups excluding carboxylic acids is 2. The van der Waals surface area contributed by atoms with Crippen LogP contribution < -0.4 is 10.6 Å². The van der Waals surface area contributed by atoms with Crippen molar-refractivity contribution in [1.29, 1.82) is 0 Å². The van der Waals surface area contributed by atoms with Crippen molar-refractivity contribution in [2.45, 2.75) is 6.04 Å². The summed E-state index contributed by atoms with van der Waals surface area (Å²) in [6.45, 7) is 0. The van der Waals surface area contributed by atoms with Crippen LogP contribution in [0, 0.1) is 0 Å². The molecule has 3 amide bonds. The molecule has 2 rings (SSSR count). The second-order valence-electron chi connectivity index (χ2n) is 3.62. The van der Waals surface area contributed by atoms with Gasteiger partial charge in [-0.1, -0.05) is 11.6 Å². The first kappa shape index (κ1) is 12.8. The molecule has 1 unspecified atom stereocenters. The second-order valence-corrected chi connectivity index (χ2v) is 4.43. The smallest absolute Gasteiger partial charge is 0.322 e. The Hall–Kier alpha value is -1.66. The Labute approximate surface area is 113 Å². The van der Waals surface area contributed by atoms with Gasteiger partial charge in [0.15, 0.2) is 5.05 Å². The third-order valence-corrected chi connectivity index (χ3v) is 3.13. The Morgan fingerprint density at radius 1 is 1.44 bits per heavy atom. The lowest BCUT2D eigenvalue weighted by Gasteiger charge is -2.14. The summed E-state index contributed by atoms with van der Waals surface area (Å²) in [5.41, 5.74) is 1.07. The summed E-state index contributed by atoms with van der Waals surface area (Å²) < 4.78 is 4.98. The molecule has 0 aliphatic carbocycles. The van der Waals surface area contributed by atoms with Gasteiger partial charge in [-0.2, -0.15) is 0 Å². The summed E-state index contributed by atoms with van der Waals surface area (Å²) >= 11 is 10.9. The predicted octanol–water partition coefficient (Wildman–Crippen LogP) is 1.54. The highest BCUT2D eigenvalue weighted by Gasteiger charge is 2.33. The zero-order valence-corrected chi connectivity index (χ0v) is 10.9. The van der Waals surface area contributed by atoms with Crippen molar-refractivity contribution in [2.75, 3.05) is 7.11 Å². The number of urea groups is 1. The Morgan fingerprint density at radius 3 is 2.72 bits per heavy atom. The molecule has 1 atom stereocenters. The molecule has 18 heavy (non-hydrogen) atoms. The largest absolute Gasteiger partial charge is 0.486 e. The van der Waals surface area contributed by atoms with Crippen LogP contribution in [-0.4, -0.2) is 24.1 Å². The van der Waals surface area contributed by atoms with E-state index in [1.807, 2.05) is 0 Å². The molecule has 0 radical (unpaired) electrons. The number of amides is 3. The molecule has 94 valence electrons. The number of benzene rings is 1. The van der Waals surface area contributed by atoms with Gasteiger partial charge in [-0.05, 0) is 36.0 Å². The SMILES string of the molecule is COC(=S)c1ccc(Cl)cc1C1NC(=O)NC1=O. The summed E-state index contributed by atoms with van der Waals surface area (Å²) in [6, 6.07) is 3.53. The molecule has 1 saturated heterocycles. The van der Waals surface area contributed by atoms with E-state index in [0.717, 1.165) is 0 Å². The maximum atomic E-state index is 11.6. The van der Waals surface area contributed by atoms with Crippen LogP contribution in [0.5, 0.6) is 0 Å². The van der Waals surface area contributed by atoms with E-state index in [0.29, 0.717) is 16.1 Å². The third kappa shape index (κ3) is 2.30. The van der Waals surface area contributed by atoms with Gasteiger partial charge >= 0.3 is 6.03 Å². The average Bonchev–Trinajstić information content (AvgIpc) is 2.67. The molecule has 1 aromatic rings. The normalized spacial score (nSPS) is 18.2. The van der Waals surface area contributed by atoms with Gasteiger partial charge in [-0.15, -0.1) is 0 Å². The van der Waals surface area contributed by atoms with E-state index < -0.39 is 18.0 Å². The fourth-order valence-electron chi connectivity index (χ4n) is 1.70. The van der Waals surface area contributed by atoms with E-state index in [-0.39, 0.29) is 5.05 Å². The second kappa shape index (κ2) is 4.91. The molecule has 0 aromatic heterocycles. The first-order valence-corrected chi connectivity index (χ1v) is 5.80. The maximum absolute atomic E-state index is 11.6. The average molecular weight is 285 g/mol. The first-order valence-electron chi connectivity index (χ1n) is 5.02. The van der Waals surface area contributed by atoms with E-state index in [1.165, 1.54) is 7.11 Å². The van der Waals surface area contributed by atoms with Crippen LogP contribution in [0.4, 0.5) is 4.79 Å².